The maximum absolute atomic E-state index is 14.2. The summed E-state index contributed by atoms with van der Waals surface area (Å²) in [4.78, 5) is 25.1. The van der Waals surface area contributed by atoms with Crippen LogP contribution in [0, 0.1) is 6.92 Å². The molecule has 0 saturated carbocycles. The topological polar surface area (TPSA) is 90.4 Å². The quantitative estimate of drug-likeness (QED) is 0.407. The molecule has 0 aliphatic carbocycles. The summed E-state index contributed by atoms with van der Waals surface area (Å²) >= 11 is 12.2. The number of carboxylic acids is 1. The molecule has 5 nitrogen and oxygen atoms in total. The van der Waals surface area contributed by atoms with Crippen LogP contribution in [0.2, 0.25) is 10.0 Å². The molecular weight excluding hydrogens is 482 g/mol. The monoisotopic (exact) mass is 499 g/mol. The number of aromatic nitrogens is 1. The van der Waals surface area contributed by atoms with E-state index in [1.54, 1.807) is 6.07 Å². The molecule has 1 aromatic heterocycles. The SMILES string of the molecule is Cc1[nH]c(=O)ccc1C(O)(C(C)c1ccc(-c2ccc(Cl)c(C(=O)O)c2)cc1Cl)C(F)(F)F. The smallest absolute Gasteiger partial charge is 0.422 e. The van der Waals surface area contributed by atoms with Gasteiger partial charge in [0.25, 0.3) is 0 Å². The van der Waals surface area contributed by atoms with Gasteiger partial charge in [0.2, 0.25) is 5.56 Å². The van der Waals surface area contributed by atoms with Gasteiger partial charge in [-0.2, -0.15) is 13.2 Å². The number of benzene rings is 2. The van der Waals surface area contributed by atoms with E-state index in [1.165, 1.54) is 44.2 Å². The lowest BCUT2D eigenvalue weighted by molar-refractivity contribution is -0.274. The maximum Gasteiger partial charge on any atom is 0.422 e. The van der Waals surface area contributed by atoms with Crippen molar-refractivity contribution in [3.8, 4) is 11.1 Å². The lowest BCUT2D eigenvalue weighted by Gasteiger charge is -2.37. The number of hydrogen-bond donors (Lipinski definition) is 3. The van der Waals surface area contributed by atoms with Crippen LogP contribution in [0.4, 0.5) is 13.2 Å². The fourth-order valence-corrected chi connectivity index (χ4v) is 4.32. The number of carboxylic acid groups (broad SMARTS) is 1. The summed E-state index contributed by atoms with van der Waals surface area (Å²) in [5.74, 6) is -2.78. The first kappa shape index (κ1) is 24.8. The third kappa shape index (κ3) is 4.51. The molecule has 2 unspecified atom stereocenters. The number of H-pyrrole nitrogens is 1. The minimum Gasteiger partial charge on any atom is -0.478 e. The number of aryl methyl sites for hydroxylation is 1. The van der Waals surface area contributed by atoms with E-state index in [2.05, 4.69) is 4.98 Å². The molecule has 0 spiro atoms. The van der Waals surface area contributed by atoms with Gasteiger partial charge < -0.3 is 15.2 Å². The fraction of sp³-hybridized carbons (Fsp3) is 0.217. The molecule has 174 valence electrons. The standard InChI is InChI=1S/C23H18Cl2F3NO4/c1-11(22(33,23(26,27)28)17-6-8-20(30)29-12(17)2)15-5-3-14(10-19(15)25)13-4-7-18(24)16(9-13)21(31)32/h3-11,33H,1-2H3,(H,29,30)(H,31,32). The molecule has 0 radical (unpaired) electrons. The predicted octanol–water partition coefficient (Wildman–Crippen LogP) is 5.91. The van der Waals surface area contributed by atoms with Crippen LogP contribution in [0.1, 0.15) is 40.0 Å². The van der Waals surface area contributed by atoms with E-state index in [0.717, 1.165) is 12.1 Å². The van der Waals surface area contributed by atoms with Crippen molar-refractivity contribution in [2.75, 3.05) is 0 Å². The Labute approximate surface area is 196 Å². The Hall–Kier alpha value is -2.81. The zero-order valence-corrected chi connectivity index (χ0v) is 18.8. The summed E-state index contributed by atoms with van der Waals surface area (Å²) in [6, 6.07) is 10.3. The van der Waals surface area contributed by atoms with Crippen LogP contribution in [0.15, 0.2) is 53.3 Å². The molecule has 10 heteroatoms. The average Bonchev–Trinajstić information content (AvgIpc) is 2.72. The molecule has 2 aromatic carbocycles. The van der Waals surface area contributed by atoms with Gasteiger partial charge in [-0.25, -0.2) is 4.79 Å². The first-order chi connectivity index (χ1) is 15.3. The number of alkyl halides is 3. The van der Waals surface area contributed by atoms with Crippen molar-refractivity contribution in [1.29, 1.82) is 0 Å². The number of pyridine rings is 1. The summed E-state index contributed by atoms with van der Waals surface area (Å²) in [5, 5.41) is 20.2. The molecule has 0 bridgehead atoms. The van der Waals surface area contributed by atoms with Gasteiger partial charge in [0.15, 0.2) is 5.60 Å². The van der Waals surface area contributed by atoms with Gasteiger partial charge in [0.1, 0.15) is 0 Å². The number of carbonyl (C=O) groups is 1. The summed E-state index contributed by atoms with van der Waals surface area (Å²) in [7, 11) is 0. The van der Waals surface area contributed by atoms with Gasteiger partial charge in [0.05, 0.1) is 10.6 Å². The molecule has 0 amide bonds. The molecule has 0 saturated heterocycles. The van der Waals surface area contributed by atoms with Crippen molar-refractivity contribution >= 4 is 29.2 Å². The van der Waals surface area contributed by atoms with Crippen LogP contribution in [-0.2, 0) is 5.60 Å². The lowest BCUT2D eigenvalue weighted by Crippen LogP contribution is -2.47. The number of aliphatic hydroxyl groups is 1. The highest BCUT2D eigenvalue weighted by atomic mass is 35.5. The molecule has 1 heterocycles. The van der Waals surface area contributed by atoms with E-state index in [-0.39, 0.29) is 26.9 Å². The van der Waals surface area contributed by atoms with Crippen molar-refractivity contribution in [1.82, 2.24) is 4.98 Å². The number of aromatic carboxylic acids is 1. The van der Waals surface area contributed by atoms with Gasteiger partial charge in [-0.15, -0.1) is 0 Å². The predicted molar refractivity (Wildman–Crippen MR) is 119 cm³/mol. The highest BCUT2D eigenvalue weighted by molar-refractivity contribution is 6.33. The van der Waals surface area contributed by atoms with Gasteiger partial charge >= 0.3 is 12.1 Å². The van der Waals surface area contributed by atoms with E-state index in [0.29, 0.717) is 11.1 Å². The first-order valence-electron chi connectivity index (χ1n) is 9.59. The lowest BCUT2D eigenvalue weighted by atomic mass is 9.77. The third-order valence-electron chi connectivity index (χ3n) is 5.58. The van der Waals surface area contributed by atoms with Gasteiger partial charge in [0, 0.05) is 28.3 Å². The van der Waals surface area contributed by atoms with E-state index >= 15 is 0 Å². The maximum atomic E-state index is 14.2. The largest absolute Gasteiger partial charge is 0.478 e. The second-order valence-corrected chi connectivity index (χ2v) is 8.40. The summed E-state index contributed by atoms with van der Waals surface area (Å²) in [5.41, 5.74) is -3.79. The Bertz CT molecular complexity index is 1290. The second-order valence-electron chi connectivity index (χ2n) is 7.58. The van der Waals surface area contributed by atoms with Gasteiger partial charge in [-0.05, 0) is 47.9 Å². The summed E-state index contributed by atoms with van der Waals surface area (Å²) in [6.07, 6.45) is -5.09. The Balaban J connectivity index is 2.11. The van der Waals surface area contributed by atoms with Crippen molar-refractivity contribution in [3.05, 3.63) is 91.3 Å². The Kier molecular flexibility index (Phi) is 6.66. The van der Waals surface area contributed by atoms with E-state index in [9.17, 15) is 33.0 Å². The highest BCUT2D eigenvalue weighted by Gasteiger charge is 2.59. The van der Waals surface area contributed by atoms with Gasteiger partial charge in [-0.3, -0.25) is 4.79 Å². The molecule has 33 heavy (non-hydrogen) atoms. The van der Waals surface area contributed by atoms with Crippen molar-refractivity contribution in [2.45, 2.75) is 31.5 Å². The molecule has 0 fully saturated rings. The van der Waals surface area contributed by atoms with Gasteiger partial charge in [-0.1, -0.05) is 48.3 Å². The number of rotatable bonds is 5. The van der Waals surface area contributed by atoms with Crippen LogP contribution in [0.5, 0.6) is 0 Å². The molecular formula is C23H18Cl2F3NO4. The van der Waals surface area contributed by atoms with Crippen molar-refractivity contribution in [2.24, 2.45) is 0 Å². The first-order valence-corrected chi connectivity index (χ1v) is 10.3. The van der Waals surface area contributed by atoms with Crippen molar-refractivity contribution < 1.29 is 28.2 Å². The van der Waals surface area contributed by atoms with Crippen LogP contribution in [0.3, 0.4) is 0 Å². The zero-order chi connectivity index (χ0) is 24.7. The third-order valence-corrected chi connectivity index (χ3v) is 6.24. The molecule has 3 rings (SSSR count). The molecule has 3 aromatic rings. The number of aromatic amines is 1. The molecule has 0 aliphatic heterocycles. The average molecular weight is 500 g/mol. The van der Waals surface area contributed by atoms with E-state index in [4.69, 9.17) is 23.2 Å². The second kappa shape index (κ2) is 8.85. The molecule has 3 N–H and O–H groups in total. The van der Waals surface area contributed by atoms with Crippen LogP contribution in [-0.4, -0.2) is 27.3 Å². The van der Waals surface area contributed by atoms with Crippen LogP contribution >= 0.6 is 23.2 Å². The zero-order valence-electron chi connectivity index (χ0n) is 17.3. The Morgan fingerprint density at radius 1 is 1.00 bits per heavy atom. The van der Waals surface area contributed by atoms with E-state index < -0.39 is 34.8 Å². The minimum absolute atomic E-state index is 0.0123. The van der Waals surface area contributed by atoms with Crippen LogP contribution < -0.4 is 5.56 Å². The molecule has 2 atom stereocenters. The number of hydrogen-bond acceptors (Lipinski definition) is 3. The summed E-state index contributed by atoms with van der Waals surface area (Å²) < 4.78 is 42.6. The fourth-order valence-electron chi connectivity index (χ4n) is 3.77. The number of halogens is 5. The minimum atomic E-state index is -5.09. The van der Waals surface area contributed by atoms with Crippen LogP contribution in [0.25, 0.3) is 11.1 Å². The molecule has 0 aliphatic rings. The normalized spacial score (nSPS) is 14.5. The Morgan fingerprint density at radius 2 is 1.61 bits per heavy atom. The highest BCUT2D eigenvalue weighted by Crippen LogP contribution is 2.50. The Morgan fingerprint density at radius 3 is 2.15 bits per heavy atom. The number of nitrogens with one attached hydrogen (secondary N) is 1. The van der Waals surface area contributed by atoms with E-state index in [1.807, 2.05) is 0 Å². The summed E-state index contributed by atoms with van der Waals surface area (Å²) in [6.45, 7) is 2.45. The van der Waals surface area contributed by atoms with Crippen molar-refractivity contribution in [3.63, 3.8) is 0 Å².